The van der Waals surface area contributed by atoms with Crippen molar-refractivity contribution in [3.63, 3.8) is 0 Å². The second-order valence-electron chi connectivity index (χ2n) is 4.19. The molecule has 0 radical (unpaired) electrons. The quantitative estimate of drug-likeness (QED) is 0.838. The van der Waals surface area contributed by atoms with E-state index in [1.807, 2.05) is 6.07 Å². The van der Waals surface area contributed by atoms with E-state index in [4.69, 9.17) is 15.2 Å². The summed E-state index contributed by atoms with van der Waals surface area (Å²) < 4.78 is 11.3. The Morgan fingerprint density at radius 2 is 2.12 bits per heavy atom. The van der Waals surface area contributed by atoms with Crippen LogP contribution in [0.1, 0.15) is 24.8 Å². The van der Waals surface area contributed by atoms with Crippen LogP contribution in [-0.2, 0) is 0 Å². The number of fused-ring (bicyclic) bond motifs is 1. The average Bonchev–Trinajstić information content (AvgIpc) is 2.37. The highest BCUT2D eigenvalue weighted by atomic mass is 32.2. The number of hydrogen-bond acceptors (Lipinski definition) is 4. The van der Waals surface area contributed by atoms with Crippen molar-refractivity contribution in [1.82, 2.24) is 0 Å². The molecule has 1 atom stereocenters. The third kappa shape index (κ3) is 2.53. The van der Waals surface area contributed by atoms with Gasteiger partial charge >= 0.3 is 0 Å². The average molecular weight is 253 g/mol. The molecule has 2 rings (SSSR count). The molecule has 0 amide bonds. The minimum atomic E-state index is 0.457. The van der Waals surface area contributed by atoms with Crippen LogP contribution >= 0.6 is 11.8 Å². The van der Waals surface area contributed by atoms with Gasteiger partial charge in [-0.3, -0.25) is 0 Å². The van der Waals surface area contributed by atoms with Crippen LogP contribution < -0.4 is 15.2 Å². The van der Waals surface area contributed by atoms with E-state index in [1.54, 1.807) is 11.8 Å². The lowest BCUT2D eigenvalue weighted by atomic mass is 9.97. The number of hydrogen-bond donors (Lipinski definition) is 1. The zero-order valence-corrected chi connectivity index (χ0v) is 11.2. The van der Waals surface area contributed by atoms with Gasteiger partial charge in [-0.1, -0.05) is 13.0 Å². The van der Waals surface area contributed by atoms with Crippen LogP contribution in [0.2, 0.25) is 0 Å². The molecular formula is C13H19NO2S. The van der Waals surface area contributed by atoms with E-state index < -0.39 is 0 Å². The Kier molecular flexibility index (Phi) is 4.18. The number of rotatable bonds is 4. The summed E-state index contributed by atoms with van der Waals surface area (Å²) in [6, 6.07) is 4.15. The highest BCUT2D eigenvalue weighted by molar-refractivity contribution is 7.98. The molecule has 0 aromatic heterocycles. The van der Waals surface area contributed by atoms with Crippen molar-refractivity contribution in [2.24, 2.45) is 5.73 Å². The zero-order chi connectivity index (χ0) is 12.3. The molecule has 17 heavy (non-hydrogen) atoms. The molecule has 0 aliphatic carbocycles. The first kappa shape index (κ1) is 12.6. The van der Waals surface area contributed by atoms with Crippen molar-refractivity contribution in [2.75, 3.05) is 26.0 Å². The second-order valence-corrected chi connectivity index (χ2v) is 5.01. The molecule has 0 spiro atoms. The van der Waals surface area contributed by atoms with Crippen molar-refractivity contribution in [1.29, 1.82) is 0 Å². The first-order chi connectivity index (χ1) is 8.27. The van der Waals surface area contributed by atoms with Gasteiger partial charge in [0.2, 0.25) is 0 Å². The first-order valence-electron chi connectivity index (χ1n) is 5.94. The van der Waals surface area contributed by atoms with Gasteiger partial charge < -0.3 is 15.2 Å². The Morgan fingerprint density at radius 1 is 1.35 bits per heavy atom. The van der Waals surface area contributed by atoms with Crippen molar-refractivity contribution >= 4 is 11.8 Å². The van der Waals surface area contributed by atoms with Crippen LogP contribution in [0.5, 0.6) is 11.5 Å². The smallest absolute Gasteiger partial charge is 0.175 e. The molecular weight excluding hydrogens is 234 g/mol. The summed E-state index contributed by atoms with van der Waals surface area (Å²) in [6.45, 7) is 4.19. The van der Waals surface area contributed by atoms with Crippen LogP contribution in [0.25, 0.3) is 0 Å². The maximum Gasteiger partial charge on any atom is 0.175 e. The van der Waals surface area contributed by atoms with E-state index in [0.29, 0.717) is 25.7 Å². The summed E-state index contributed by atoms with van der Waals surface area (Å²) in [7, 11) is 0. The van der Waals surface area contributed by atoms with E-state index in [2.05, 4.69) is 19.2 Å². The topological polar surface area (TPSA) is 44.5 Å². The normalized spacial score (nSPS) is 15.7. The minimum Gasteiger partial charge on any atom is -0.486 e. The third-order valence-corrected chi connectivity index (χ3v) is 3.86. The minimum absolute atomic E-state index is 0.457. The van der Waals surface area contributed by atoms with Gasteiger partial charge in [-0.2, -0.15) is 0 Å². The van der Waals surface area contributed by atoms with Crippen molar-refractivity contribution in [3.05, 3.63) is 17.7 Å². The highest BCUT2D eigenvalue weighted by Gasteiger charge is 2.21. The van der Waals surface area contributed by atoms with E-state index in [1.165, 1.54) is 10.5 Å². The van der Waals surface area contributed by atoms with Crippen LogP contribution in [-0.4, -0.2) is 26.0 Å². The molecule has 0 bridgehead atoms. The molecule has 4 heteroatoms. The number of benzene rings is 1. The van der Waals surface area contributed by atoms with Gasteiger partial charge in [0.05, 0.1) is 4.90 Å². The molecule has 0 fully saturated rings. The van der Waals surface area contributed by atoms with E-state index in [0.717, 1.165) is 17.9 Å². The molecule has 0 saturated carbocycles. The Hall–Kier alpha value is -0.870. The van der Waals surface area contributed by atoms with Crippen molar-refractivity contribution in [2.45, 2.75) is 24.2 Å². The second kappa shape index (κ2) is 5.65. The van der Waals surface area contributed by atoms with Crippen molar-refractivity contribution < 1.29 is 9.47 Å². The Morgan fingerprint density at radius 3 is 2.82 bits per heavy atom. The lowest BCUT2D eigenvalue weighted by molar-refractivity contribution is 0.167. The van der Waals surface area contributed by atoms with Gasteiger partial charge in [0, 0.05) is 0 Å². The summed E-state index contributed by atoms with van der Waals surface area (Å²) in [5.41, 5.74) is 6.95. The zero-order valence-electron chi connectivity index (χ0n) is 10.4. The maximum atomic E-state index is 5.74. The number of thioether (sulfide) groups is 1. The Bertz CT molecular complexity index is 395. The largest absolute Gasteiger partial charge is 0.486 e. The summed E-state index contributed by atoms with van der Waals surface area (Å²) in [5, 5.41) is 0. The SMILES string of the molecule is CSc1c(C(C)CCN)ccc2c1OCCO2. The fourth-order valence-corrected chi connectivity index (χ4v) is 2.96. The first-order valence-corrected chi connectivity index (χ1v) is 7.17. The monoisotopic (exact) mass is 253 g/mol. The van der Waals surface area contributed by atoms with Crippen LogP contribution in [0, 0.1) is 0 Å². The molecule has 1 aliphatic rings. The molecule has 1 heterocycles. The molecule has 1 aromatic carbocycles. The maximum absolute atomic E-state index is 5.74. The molecule has 3 nitrogen and oxygen atoms in total. The van der Waals surface area contributed by atoms with Gasteiger partial charge in [-0.15, -0.1) is 11.8 Å². The van der Waals surface area contributed by atoms with Gasteiger partial charge in [-0.25, -0.2) is 0 Å². The Labute approximate surface area is 107 Å². The number of ether oxygens (including phenoxy) is 2. The fourth-order valence-electron chi connectivity index (χ4n) is 2.11. The van der Waals surface area contributed by atoms with Gasteiger partial charge in [0.25, 0.3) is 0 Å². The fraction of sp³-hybridized carbons (Fsp3) is 0.538. The summed E-state index contributed by atoms with van der Waals surface area (Å²) in [4.78, 5) is 1.20. The molecule has 2 N–H and O–H groups in total. The van der Waals surface area contributed by atoms with Crippen LogP contribution in [0.4, 0.5) is 0 Å². The van der Waals surface area contributed by atoms with E-state index >= 15 is 0 Å². The third-order valence-electron chi connectivity index (χ3n) is 3.03. The van der Waals surface area contributed by atoms with Gasteiger partial charge in [0.15, 0.2) is 11.5 Å². The molecule has 1 unspecified atom stereocenters. The Balaban J connectivity index is 2.39. The summed E-state index contributed by atoms with van der Waals surface area (Å²) in [6.07, 6.45) is 3.07. The lowest BCUT2D eigenvalue weighted by Crippen LogP contribution is -2.17. The van der Waals surface area contributed by atoms with E-state index in [9.17, 15) is 0 Å². The molecule has 1 aromatic rings. The number of nitrogens with two attached hydrogens (primary N) is 1. The highest BCUT2D eigenvalue weighted by Crippen LogP contribution is 2.43. The van der Waals surface area contributed by atoms with E-state index in [-0.39, 0.29) is 0 Å². The van der Waals surface area contributed by atoms with Gasteiger partial charge in [-0.05, 0) is 36.8 Å². The van der Waals surface area contributed by atoms with Crippen LogP contribution in [0.3, 0.4) is 0 Å². The predicted molar refractivity (Wildman–Crippen MR) is 71.3 cm³/mol. The van der Waals surface area contributed by atoms with Crippen molar-refractivity contribution in [3.8, 4) is 11.5 Å². The molecule has 0 saturated heterocycles. The summed E-state index contributed by atoms with van der Waals surface area (Å²) >= 11 is 1.72. The molecule has 1 aliphatic heterocycles. The predicted octanol–water partition coefficient (Wildman–Crippen LogP) is 2.63. The van der Waals surface area contributed by atoms with Gasteiger partial charge in [0.1, 0.15) is 13.2 Å². The van der Waals surface area contributed by atoms with Crippen LogP contribution in [0.15, 0.2) is 17.0 Å². The lowest BCUT2D eigenvalue weighted by Gasteiger charge is -2.24. The molecule has 94 valence electrons. The summed E-state index contributed by atoms with van der Waals surface area (Å²) in [5.74, 6) is 2.23. The standard InChI is InChI=1S/C13H19NO2S/c1-9(5-6-14)10-3-4-11-12(13(10)17-2)16-8-7-15-11/h3-4,9H,5-8,14H2,1-2H3.